The molecule has 0 N–H and O–H groups in total. The molecule has 2 radical (unpaired) electrons. The Morgan fingerprint density at radius 2 is 2.00 bits per heavy atom. The molecule has 0 aliphatic rings. The number of carbonyl (C=O) groups excluding carboxylic acids is 1. The Kier molecular flexibility index (Phi) is 10.5. The number of carbonyl (C=O) groups is 1. The number of alkyl halides is 2. The average molecular weight is 267 g/mol. The molecule has 0 rings (SSSR count). The molecule has 0 amide bonds. The molecule has 0 heterocycles. The maximum absolute atomic E-state index is 10.7. The summed E-state index contributed by atoms with van der Waals surface area (Å²) in [5.41, 5.74) is 0. The van der Waals surface area contributed by atoms with Crippen LogP contribution in [0.2, 0.25) is 6.04 Å². The molecule has 0 aromatic carbocycles. The Hall–Kier alpha value is 0.00688. The SMILES string of the molecule is C=CC(=O)OCCCCCC[Si]C(Cl)Cl. The molecule has 0 fully saturated rings. The largest absolute Gasteiger partial charge is 0.463 e. The maximum atomic E-state index is 10.7. The van der Waals surface area contributed by atoms with Crippen molar-refractivity contribution in [1.29, 1.82) is 0 Å². The molecule has 0 aromatic heterocycles. The number of unbranched alkanes of at least 4 members (excludes halogenated alkanes) is 3. The molecule has 86 valence electrons. The minimum Gasteiger partial charge on any atom is -0.463 e. The molecule has 0 atom stereocenters. The fourth-order valence-corrected chi connectivity index (χ4v) is 2.35. The van der Waals surface area contributed by atoms with Crippen LogP contribution in [0.15, 0.2) is 12.7 Å². The number of rotatable bonds is 9. The van der Waals surface area contributed by atoms with Gasteiger partial charge in [-0.15, -0.1) is 23.2 Å². The number of hydrogen-bond acceptors (Lipinski definition) is 2. The van der Waals surface area contributed by atoms with Gasteiger partial charge in [0.05, 0.1) is 20.6 Å². The van der Waals surface area contributed by atoms with Gasteiger partial charge >= 0.3 is 5.97 Å². The van der Waals surface area contributed by atoms with E-state index in [9.17, 15) is 4.79 Å². The van der Waals surface area contributed by atoms with E-state index in [4.69, 9.17) is 27.9 Å². The summed E-state index contributed by atoms with van der Waals surface area (Å²) in [6, 6.07) is 1.09. The van der Waals surface area contributed by atoms with E-state index < -0.39 is 0 Å². The van der Waals surface area contributed by atoms with Crippen LogP contribution in [0.3, 0.4) is 0 Å². The predicted octanol–water partition coefficient (Wildman–Crippen LogP) is 3.16. The first-order valence-corrected chi connectivity index (χ1v) is 7.13. The second-order valence-electron chi connectivity index (χ2n) is 3.04. The molecule has 5 heteroatoms. The van der Waals surface area contributed by atoms with Crippen LogP contribution in [0.25, 0.3) is 0 Å². The molecule has 0 spiro atoms. The minimum atomic E-state index is -0.344. The van der Waals surface area contributed by atoms with Crippen molar-refractivity contribution in [3.05, 3.63) is 12.7 Å². The van der Waals surface area contributed by atoms with Gasteiger partial charge in [0.15, 0.2) is 0 Å². The first-order valence-electron chi connectivity index (χ1n) is 4.97. The van der Waals surface area contributed by atoms with E-state index in [1.54, 1.807) is 0 Å². The molecule has 0 aromatic rings. The predicted molar refractivity (Wildman–Crippen MR) is 65.7 cm³/mol. The summed E-state index contributed by atoms with van der Waals surface area (Å²) in [5, 5.41) is 0. The van der Waals surface area contributed by atoms with Gasteiger partial charge in [-0.2, -0.15) is 0 Å². The highest BCUT2D eigenvalue weighted by molar-refractivity contribution is 6.68. The highest BCUT2D eigenvalue weighted by Gasteiger charge is 1.99. The Balaban J connectivity index is 3.05. The molecule has 0 saturated carbocycles. The molecule has 0 saturated heterocycles. The van der Waals surface area contributed by atoms with Gasteiger partial charge in [0, 0.05) is 6.08 Å². The van der Waals surface area contributed by atoms with E-state index in [1.165, 1.54) is 6.08 Å². The van der Waals surface area contributed by atoms with Crippen molar-refractivity contribution in [3.8, 4) is 0 Å². The highest BCUT2D eigenvalue weighted by Crippen LogP contribution is 2.07. The van der Waals surface area contributed by atoms with E-state index in [0.717, 1.165) is 31.7 Å². The number of ether oxygens (including phenoxy) is 1. The van der Waals surface area contributed by atoms with Crippen LogP contribution in [-0.4, -0.2) is 26.6 Å². The number of hydrogen-bond donors (Lipinski definition) is 0. The third-order valence-corrected chi connectivity index (χ3v) is 3.66. The standard InChI is InChI=1S/C10H16Cl2O2Si/c1-2-9(13)14-7-5-3-4-6-8-15-10(11)12/h2,10H,1,3-8H2. The van der Waals surface area contributed by atoms with Crippen molar-refractivity contribution in [2.45, 2.75) is 36.2 Å². The van der Waals surface area contributed by atoms with Crippen molar-refractivity contribution in [1.82, 2.24) is 0 Å². The highest BCUT2D eigenvalue weighted by atomic mass is 35.5. The molecule has 0 aliphatic carbocycles. The quantitative estimate of drug-likeness (QED) is 0.211. The minimum absolute atomic E-state index is 0.210. The molecule has 2 nitrogen and oxygen atoms in total. The third kappa shape index (κ3) is 11.9. The van der Waals surface area contributed by atoms with Crippen molar-refractivity contribution in [3.63, 3.8) is 0 Å². The monoisotopic (exact) mass is 266 g/mol. The fraction of sp³-hybridized carbons (Fsp3) is 0.700. The zero-order chi connectivity index (χ0) is 11.5. The summed E-state index contributed by atoms with van der Waals surface area (Å²) < 4.78 is 4.63. The fourth-order valence-electron chi connectivity index (χ4n) is 1.02. The van der Waals surface area contributed by atoms with Gasteiger partial charge in [0.1, 0.15) is 0 Å². The van der Waals surface area contributed by atoms with E-state index in [0.29, 0.717) is 16.1 Å². The van der Waals surface area contributed by atoms with Gasteiger partial charge in [-0.3, -0.25) is 0 Å². The lowest BCUT2D eigenvalue weighted by molar-refractivity contribution is -0.137. The molecule has 15 heavy (non-hydrogen) atoms. The lowest BCUT2D eigenvalue weighted by atomic mass is 10.2. The normalized spacial score (nSPS) is 10.3. The van der Waals surface area contributed by atoms with E-state index in [-0.39, 0.29) is 10.4 Å². The summed E-state index contributed by atoms with van der Waals surface area (Å²) in [6.07, 6.45) is 5.45. The molecular weight excluding hydrogens is 251 g/mol. The second-order valence-corrected chi connectivity index (χ2v) is 6.35. The number of esters is 1. The third-order valence-electron chi connectivity index (χ3n) is 1.78. The zero-order valence-corrected chi connectivity index (χ0v) is 11.2. The molecule has 0 bridgehead atoms. The first-order chi connectivity index (χ1) is 7.16. The number of halogens is 2. The van der Waals surface area contributed by atoms with Crippen molar-refractivity contribution in [2.75, 3.05) is 6.61 Å². The van der Waals surface area contributed by atoms with Crippen molar-refractivity contribution >= 4 is 38.7 Å². The lowest BCUT2D eigenvalue weighted by Crippen LogP contribution is -2.02. The summed E-state index contributed by atoms with van der Waals surface area (Å²) in [7, 11) is 0.629. The van der Waals surface area contributed by atoms with Crippen LogP contribution in [0, 0.1) is 0 Å². The summed E-state index contributed by atoms with van der Waals surface area (Å²) in [5.74, 6) is -0.344. The van der Waals surface area contributed by atoms with Crippen LogP contribution in [0.1, 0.15) is 25.7 Å². The Labute approximate surface area is 104 Å². The van der Waals surface area contributed by atoms with Crippen molar-refractivity contribution in [2.24, 2.45) is 0 Å². The smallest absolute Gasteiger partial charge is 0.330 e. The van der Waals surface area contributed by atoms with E-state index in [2.05, 4.69) is 6.58 Å². The Morgan fingerprint density at radius 3 is 2.60 bits per heavy atom. The Morgan fingerprint density at radius 1 is 1.33 bits per heavy atom. The Bertz CT molecular complexity index is 186. The summed E-state index contributed by atoms with van der Waals surface area (Å²) in [6.45, 7) is 3.80. The summed E-state index contributed by atoms with van der Waals surface area (Å²) in [4.78, 5) is 10.7. The van der Waals surface area contributed by atoms with Crippen LogP contribution < -0.4 is 0 Å². The zero-order valence-electron chi connectivity index (χ0n) is 8.68. The molecule has 0 aliphatic heterocycles. The van der Waals surface area contributed by atoms with Crippen LogP contribution in [0.5, 0.6) is 0 Å². The first kappa shape index (κ1) is 15.0. The van der Waals surface area contributed by atoms with Gasteiger partial charge in [-0.1, -0.05) is 31.9 Å². The van der Waals surface area contributed by atoms with Gasteiger partial charge < -0.3 is 4.74 Å². The van der Waals surface area contributed by atoms with Crippen LogP contribution in [-0.2, 0) is 9.53 Å². The lowest BCUT2D eigenvalue weighted by Gasteiger charge is -2.02. The van der Waals surface area contributed by atoms with Crippen LogP contribution >= 0.6 is 23.2 Å². The second kappa shape index (κ2) is 10.5. The average Bonchev–Trinajstić information content (AvgIpc) is 2.21. The molecule has 0 unspecified atom stereocenters. The van der Waals surface area contributed by atoms with Gasteiger partial charge in [-0.25, -0.2) is 4.79 Å². The topological polar surface area (TPSA) is 26.3 Å². The van der Waals surface area contributed by atoms with Crippen molar-refractivity contribution < 1.29 is 9.53 Å². The van der Waals surface area contributed by atoms with E-state index >= 15 is 0 Å². The van der Waals surface area contributed by atoms with E-state index in [1.807, 2.05) is 0 Å². The maximum Gasteiger partial charge on any atom is 0.330 e. The van der Waals surface area contributed by atoms with Crippen LogP contribution in [0.4, 0.5) is 0 Å². The molecular formula is C10H16Cl2O2Si. The van der Waals surface area contributed by atoms with Gasteiger partial charge in [0.25, 0.3) is 0 Å². The summed E-state index contributed by atoms with van der Waals surface area (Å²) >= 11 is 11.2. The van der Waals surface area contributed by atoms with Gasteiger partial charge in [-0.05, 0) is 6.42 Å². The van der Waals surface area contributed by atoms with Gasteiger partial charge in [0.2, 0.25) is 0 Å².